The van der Waals surface area contributed by atoms with Crippen molar-refractivity contribution >= 4 is 21.8 Å². The highest BCUT2D eigenvalue weighted by Gasteiger charge is 2.19. The molecule has 1 amide bonds. The number of hydrogen-bond donors (Lipinski definition) is 1. The SMILES string of the molecule is CNCc1cccc(Br)c1OC(C)C(=O)N(C)C. The summed E-state index contributed by atoms with van der Waals surface area (Å²) < 4.78 is 6.63. The van der Waals surface area contributed by atoms with Gasteiger partial charge < -0.3 is 15.0 Å². The lowest BCUT2D eigenvalue weighted by Crippen LogP contribution is -2.35. The number of carbonyl (C=O) groups is 1. The van der Waals surface area contributed by atoms with Crippen molar-refractivity contribution in [2.75, 3.05) is 21.1 Å². The highest BCUT2D eigenvalue weighted by atomic mass is 79.9. The Morgan fingerprint density at radius 2 is 2.17 bits per heavy atom. The van der Waals surface area contributed by atoms with E-state index in [1.807, 2.05) is 25.2 Å². The molecule has 0 saturated carbocycles. The van der Waals surface area contributed by atoms with Crippen molar-refractivity contribution < 1.29 is 9.53 Å². The highest BCUT2D eigenvalue weighted by molar-refractivity contribution is 9.10. The highest BCUT2D eigenvalue weighted by Crippen LogP contribution is 2.30. The second kappa shape index (κ2) is 6.75. The lowest BCUT2D eigenvalue weighted by atomic mass is 10.2. The molecule has 0 aliphatic carbocycles. The first-order valence-corrected chi connectivity index (χ1v) is 6.56. The van der Waals surface area contributed by atoms with Gasteiger partial charge in [-0.2, -0.15) is 0 Å². The largest absolute Gasteiger partial charge is 0.479 e. The van der Waals surface area contributed by atoms with E-state index in [9.17, 15) is 4.79 Å². The van der Waals surface area contributed by atoms with E-state index in [2.05, 4.69) is 21.2 Å². The minimum absolute atomic E-state index is 0.0545. The number of amides is 1. The summed E-state index contributed by atoms with van der Waals surface area (Å²) in [6.45, 7) is 2.45. The average Bonchev–Trinajstić information content (AvgIpc) is 2.32. The maximum Gasteiger partial charge on any atom is 0.262 e. The Kier molecular flexibility index (Phi) is 5.62. The van der Waals surface area contributed by atoms with E-state index in [0.29, 0.717) is 6.54 Å². The average molecular weight is 315 g/mol. The molecule has 1 N–H and O–H groups in total. The van der Waals surface area contributed by atoms with Gasteiger partial charge in [-0.25, -0.2) is 0 Å². The van der Waals surface area contributed by atoms with Crippen molar-refractivity contribution in [3.05, 3.63) is 28.2 Å². The van der Waals surface area contributed by atoms with Gasteiger partial charge in [0.1, 0.15) is 5.75 Å². The molecule has 1 atom stereocenters. The molecule has 100 valence electrons. The first-order valence-electron chi connectivity index (χ1n) is 5.77. The van der Waals surface area contributed by atoms with E-state index in [4.69, 9.17) is 4.74 Å². The van der Waals surface area contributed by atoms with Gasteiger partial charge in [0.25, 0.3) is 5.91 Å². The molecule has 0 aromatic heterocycles. The molecule has 0 radical (unpaired) electrons. The van der Waals surface area contributed by atoms with E-state index in [0.717, 1.165) is 15.8 Å². The van der Waals surface area contributed by atoms with E-state index in [1.165, 1.54) is 4.90 Å². The lowest BCUT2D eigenvalue weighted by Gasteiger charge is -2.20. The molecule has 0 fully saturated rings. The zero-order valence-electron chi connectivity index (χ0n) is 11.2. The zero-order chi connectivity index (χ0) is 13.7. The molecule has 5 heteroatoms. The van der Waals surface area contributed by atoms with Gasteiger partial charge >= 0.3 is 0 Å². The van der Waals surface area contributed by atoms with Crippen molar-refractivity contribution in [1.82, 2.24) is 10.2 Å². The summed E-state index contributed by atoms with van der Waals surface area (Å²) in [6, 6.07) is 5.83. The number of likely N-dealkylation sites (N-methyl/N-ethyl adjacent to an activating group) is 1. The number of rotatable bonds is 5. The molecular formula is C13H19BrN2O2. The first-order chi connectivity index (χ1) is 8.47. The molecule has 4 nitrogen and oxygen atoms in total. The molecule has 0 saturated heterocycles. The number of halogens is 1. The van der Waals surface area contributed by atoms with Crippen molar-refractivity contribution in [3.63, 3.8) is 0 Å². The van der Waals surface area contributed by atoms with Crippen LogP contribution in [0.1, 0.15) is 12.5 Å². The fourth-order valence-electron chi connectivity index (χ4n) is 1.61. The van der Waals surface area contributed by atoms with Gasteiger partial charge in [-0.05, 0) is 36.0 Å². The Morgan fingerprint density at radius 1 is 1.50 bits per heavy atom. The molecule has 1 aromatic carbocycles. The van der Waals surface area contributed by atoms with Crippen molar-refractivity contribution in [1.29, 1.82) is 0 Å². The van der Waals surface area contributed by atoms with Crippen LogP contribution >= 0.6 is 15.9 Å². The summed E-state index contributed by atoms with van der Waals surface area (Å²) in [7, 11) is 5.31. The van der Waals surface area contributed by atoms with Gasteiger partial charge in [-0.1, -0.05) is 12.1 Å². The van der Waals surface area contributed by atoms with E-state index >= 15 is 0 Å². The minimum atomic E-state index is -0.505. The standard InChI is InChI=1S/C13H19BrN2O2/c1-9(13(17)16(3)4)18-12-10(8-15-2)6-5-7-11(12)14/h5-7,9,15H,8H2,1-4H3. The topological polar surface area (TPSA) is 41.6 Å². The van der Waals surface area contributed by atoms with Crippen LogP contribution < -0.4 is 10.1 Å². The molecule has 1 aromatic rings. The third-order valence-electron chi connectivity index (χ3n) is 2.50. The molecule has 0 aliphatic rings. The van der Waals surface area contributed by atoms with Gasteiger partial charge in [-0.3, -0.25) is 4.79 Å². The van der Waals surface area contributed by atoms with Crippen LogP contribution in [0.25, 0.3) is 0 Å². The number of para-hydroxylation sites is 1. The third-order valence-corrected chi connectivity index (χ3v) is 3.12. The van der Waals surface area contributed by atoms with E-state index in [-0.39, 0.29) is 5.91 Å². The Labute approximate surface area is 116 Å². The monoisotopic (exact) mass is 314 g/mol. The van der Waals surface area contributed by atoms with Crippen LogP contribution in [0.2, 0.25) is 0 Å². The van der Waals surface area contributed by atoms with E-state index < -0.39 is 6.10 Å². The summed E-state index contributed by atoms with van der Waals surface area (Å²) in [5, 5.41) is 3.08. The molecule has 0 bridgehead atoms. The number of carbonyl (C=O) groups excluding carboxylic acids is 1. The fourth-order valence-corrected chi connectivity index (χ4v) is 2.11. The van der Waals surface area contributed by atoms with Crippen molar-refractivity contribution in [2.24, 2.45) is 0 Å². The summed E-state index contributed by atoms with van der Waals surface area (Å²) in [6.07, 6.45) is -0.505. The normalized spacial score (nSPS) is 12.1. The molecule has 18 heavy (non-hydrogen) atoms. The number of benzene rings is 1. The van der Waals surface area contributed by atoms with E-state index in [1.54, 1.807) is 21.0 Å². The van der Waals surface area contributed by atoms with Crippen LogP contribution in [0.3, 0.4) is 0 Å². The quantitative estimate of drug-likeness (QED) is 0.904. The van der Waals surface area contributed by atoms with Crippen LogP contribution in [0.15, 0.2) is 22.7 Å². The molecule has 0 heterocycles. The summed E-state index contributed by atoms with van der Waals surface area (Å²) in [5.74, 6) is 0.663. The Balaban J connectivity index is 2.92. The fraction of sp³-hybridized carbons (Fsp3) is 0.462. The van der Waals surface area contributed by atoms with Crippen molar-refractivity contribution in [3.8, 4) is 5.75 Å². The van der Waals surface area contributed by atoms with Gasteiger partial charge in [0.05, 0.1) is 4.47 Å². The van der Waals surface area contributed by atoms with Gasteiger partial charge in [-0.15, -0.1) is 0 Å². The van der Waals surface area contributed by atoms with Crippen LogP contribution in [-0.4, -0.2) is 38.1 Å². The molecule has 0 aliphatic heterocycles. The second-order valence-corrected chi connectivity index (χ2v) is 5.11. The van der Waals surface area contributed by atoms with Crippen LogP contribution in [0, 0.1) is 0 Å². The molecule has 0 spiro atoms. The van der Waals surface area contributed by atoms with Gasteiger partial charge in [0, 0.05) is 26.2 Å². The maximum absolute atomic E-state index is 11.8. The molecule has 1 unspecified atom stereocenters. The predicted octanol–water partition coefficient (Wildman–Crippen LogP) is 2.02. The predicted molar refractivity (Wildman–Crippen MR) is 75.7 cm³/mol. The first kappa shape index (κ1) is 15.0. The second-order valence-electron chi connectivity index (χ2n) is 4.25. The smallest absolute Gasteiger partial charge is 0.262 e. The minimum Gasteiger partial charge on any atom is -0.479 e. The Hall–Kier alpha value is -1.07. The summed E-state index contributed by atoms with van der Waals surface area (Å²) in [4.78, 5) is 13.3. The summed E-state index contributed by atoms with van der Waals surface area (Å²) in [5.41, 5.74) is 1.02. The lowest BCUT2D eigenvalue weighted by molar-refractivity contribution is -0.135. The van der Waals surface area contributed by atoms with Gasteiger partial charge in [0.15, 0.2) is 6.10 Å². The van der Waals surface area contributed by atoms with Crippen molar-refractivity contribution in [2.45, 2.75) is 19.6 Å². The van der Waals surface area contributed by atoms with Gasteiger partial charge in [0.2, 0.25) is 0 Å². The maximum atomic E-state index is 11.8. The zero-order valence-corrected chi connectivity index (χ0v) is 12.7. The van der Waals surface area contributed by atoms with Crippen LogP contribution in [0.5, 0.6) is 5.75 Å². The van der Waals surface area contributed by atoms with Crippen LogP contribution in [-0.2, 0) is 11.3 Å². The number of ether oxygens (including phenoxy) is 1. The Morgan fingerprint density at radius 3 is 2.72 bits per heavy atom. The number of nitrogens with one attached hydrogen (secondary N) is 1. The number of hydrogen-bond acceptors (Lipinski definition) is 3. The third kappa shape index (κ3) is 3.71. The number of nitrogens with zero attached hydrogens (tertiary/aromatic N) is 1. The molecule has 1 rings (SSSR count). The summed E-state index contributed by atoms with van der Waals surface area (Å²) >= 11 is 3.45. The molecular weight excluding hydrogens is 296 g/mol. The Bertz CT molecular complexity index is 421. The van der Waals surface area contributed by atoms with Crippen LogP contribution in [0.4, 0.5) is 0 Å².